The van der Waals surface area contributed by atoms with Gasteiger partial charge in [0.15, 0.2) is 0 Å². The first-order chi connectivity index (χ1) is 4.86. The van der Waals surface area contributed by atoms with E-state index in [1.165, 1.54) is 6.20 Å². The van der Waals surface area contributed by atoms with Crippen molar-refractivity contribution in [2.45, 2.75) is 0 Å². The van der Waals surface area contributed by atoms with E-state index in [4.69, 9.17) is 0 Å². The number of H-pyrrole nitrogens is 1. The second kappa shape index (κ2) is 1.76. The molecule has 0 aliphatic rings. The second-order valence-electron chi connectivity index (χ2n) is 1.92. The zero-order chi connectivity index (χ0) is 6.97. The van der Waals surface area contributed by atoms with Crippen molar-refractivity contribution in [3.63, 3.8) is 0 Å². The van der Waals surface area contributed by atoms with E-state index in [9.17, 15) is 4.39 Å². The summed E-state index contributed by atoms with van der Waals surface area (Å²) in [5, 5.41) is 0. The van der Waals surface area contributed by atoms with E-state index in [0.29, 0.717) is 5.52 Å². The van der Waals surface area contributed by atoms with E-state index in [1.807, 2.05) is 0 Å². The van der Waals surface area contributed by atoms with E-state index in [-0.39, 0.29) is 0 Å². The van der Waals surface area contributed by atoms with Gasteiger partial charge in [-0.25, -0.2) is 9.97 Å². The third kappa shape index (κ3) is 0.655. The molecule has 0 saturated heterocycles. The van der Waals surface area contributed by atoms with Crippen LogP contribution in [0.3, 0.4) is 0 Å². The zero-order valence-electron chi connectivity index (χ0n) is 5.00. The summed E-state index contributed by atoms with van der Waals surface area (Å²) in [7, 11) is 0. The number of nitrogens with zero attached hydrogens (tertiary/aromatic N) is 2. The first-order valence-electron chi connectivity index (χ1n) is 2.82. The highest BCUT2D eigenvalue weighted by Crippen LogP contribution is 2.05. The second-order valence-corrected chi connectivity index (χ2v) is 1.92. The average Bonchev–Trinajstić information content (AvgIpc) is 2.33. The van der Waals surface area contributed by atoms with Gasteiger partial charge in [0, 0.05) is 6.20 Å². The van der Waals surface area contributed by atoms with Crippen LogP contribution in [0.1, 0.15) is 0 Å². The summed E-state index contributed by atoms with van der Waals surface area (Å²) in [6, 6.07) is 1.69. The minimum atomic E-state index is -0.688. The summed E-state index contributed by atoms with van der Waals surface area (Å²) in [6.45, 7) is 0. The molecule has 4 heteroatoms. The molecule has 0 bridgehead atoms. The summed E-state index contributed by atoms with van der Waals surface area (Å²) in [4.78, 5) is 9.75. The Morgan fingerprint density at radius 3 is 3.30 bits per heavy atom. The predicted molar refractivity (Wildman–Crippen MR) is 33.8 cm³/mol. The van der Waals surface area contributed by atoms with Gasteiger partial charge in [-0.15, -0.1) is 0 Å². The van der Waals surface area contributed by atoms with Crippen LogP contribution in [0.2, 0.25) is 0 Å². The van der Waals surface area contributed by atoms with E-state index >= 15 is 0 Å². The Labute approximate surface area is 55.9 Å². The monoisotopic (exact) mass is 137 g/mol. The van der Waals surface area contributed by atoms with E-state index in [0.717, 1.165) is 5.52 Å². The van der Waals surface area contributed by atoms with Crippen LogP contribution in [0.5, 0.6) is 0 Å². The number of hydrogen-bond acceptors (Lipinski definition) is 2. The highest BCUT2D eigenvalue weighted by Gasteiger charge is 1.96. The molecule has 10 heavy (non-hydrogen) atoms. The first-order valence-corrected chi connectivity index (χ1v) is 2.82. The third-order valence-electron chi connectivity index (χ3n) is 1.27. The Morgan fingerprint density at radius 1 is 1.50 bits per heavy atom. The zero-order valence-corrected chi connectivity index (χ0v) is 5.00. The summed E-state index contributed by atoms with van der Waals surface area (Å²) in [5.41, 5.74) is 1.36. The number of fused-ring (bicyclic) bond motifs is 1. The molecule has 0 spiro atoms. The van der Waals surface area contributed by atoms with Crippen LogP contribution in [-0.2, 0) is 0 Å². The van der Waals surface area contributed by atoms with Crippen molar-refractivity contribution in [2.75, 3.05) is 0 Å². The molecule has 0 radical (unpaired) electrons. The summed E-state index contributed by atoms with van der Waals surface area (Å²) < 4.78 is 12.3. The Bertz CT molecular complexity index is 355. The van der Waals surface area contributed by atoms with Crippen LogP contribution < -0.4 is 0 Å². The summed E-state index contributed by atoms with van der Waals surface area (Å²) >= 11 is 0. The topological polar surface area (TPSA) is 41.6 Å². The molecule has 50 valence electrons. The Morgan fingerprint density at radius 2 is 2.40 bits per heavy atom. The molecule has 0 amide bonds. The molecule has 1 N–H and O–H groups in total. The Kier molecular flexibility index (Phi) is 0.943. The van der Waals surface area contributed by atoms with Crippen molar-refractivity contribution in [2.24, 2.45) is 0 Å². The molecular weight excluding hydrogens is 133 g/mol. The lowest BCUT2D eigenvalue weighted by molar-refractivity contribution is 0.544. The highest BCUT2D eigenvalue weighted by molar-refractivity contribution is 5.72. The molecule has 2 aromatic heterocycles. The number of rotatable bonds is 0. The highest BCUT2D eigenvalue weighted by atomic mass is 19.1. The van der Waals surface area contributed by atoms with Crippen LogP contribution in [0.4, 0.5) is 4.39 Å². The normalized spacial score (nSPS) is 10.5. The van der Waals surface area contributed by atoms with E-state index in [2.05, 4.69) is 15.0 Å². The van der Waals surface area contributed by atoms with Gasteiger partial charge in [-0.1, -0.05) is 0 Å². The maximum absolute atomic E-state index is 12.3. The molecule has 0 aliphatic carbocycles. The number of aromatic nitrogens is 3. The van der Waals surface area contributed by atoms with Crippen molar-refractivity contribution >= 4 is 11.0 Å². The van der Waals surface area contributed by atoms with Crippen molar-refractivity contribution in [3.8, 4) is 0 Å². The molecule has 0 atom stereocenters. The van der Waals surface area contributed by atoms with Crippen molar-refractivity contribution < 1.29 is 4.39 Å². The lowest BCUT2D eigenvalue weighted by Gasteiger charge is -1.85. The molecular formula is C6H4FN3. The first kappa shape index (κ1) is 5.34. The molecule has 0 unspecified atom stereocenters. The molecule has 2 heterocycles. The fraction of sp³-hybridized carbons (Fsp3) is 0. The molecule has 0 aromatic carbocycles. The van der Waals surface area contributed by atoms with Crippen molar-refractivity contribution in [1.29, 1.82) is 0 Å². The molecule has 2 aromatic rings. The quantitative estimate of drug-likeness (QED) is 0.552. The van der Waals surface area contributed by atoms with Crippen molar-refractivity contribution in [3.05, 3.63) is 24.5 Å². The van der Waals surface area contributed by atoms with Crippen LogP contribution >= 0.6 is 0 Å². The smallest absolute Gasteiger partial charge is 0.309 e. The molecule has 3 nitrogen and oxygen atoms in total. The number of aromatic amines is 1. The Balaban J connectivity index is 2.86. The van der Waals surface area contributed by atoms with Gasteiger partial charge >= 0.3 is 6.08 Å². The lowest BCUT2D eigenvalue weighted by Crippen LogP contribution is -1.85. The predicted octanol–water partition coefficient (Wildman–Crippen LogP) is 1.10. The average molecular weight is 137 g/mol. The van der Waals surface area contributed by atoms with Crippen LogP contribution in [0.25, 0.3) is 11.0 Å². The van der Waals surface area contributed by atoms with Gasteiger partial charge in [-0.2, -0.15) is 4.39 Å². The SMILES string of the molecule is Fc1ncc2[nH]ccc2n1. The van der Waals surface area contributed by atoms with Gasteiger partial charge in [0.2, 0.25) is 0 Å². The van der Waals surface area contributed by atoms with Gasteiger partial charge in [0.1, 0.15) is 0 Å². The lowest BCUT2D eigenvalue weighted by atomic mass is 10.5. The molecule has 2 rings (SSSR count). The molecule has 0 saturated carbocycles. The van der Waals surface area contributed by atoms with Gasteiger partial charge in [0.05, 0.1) is 17.2 Å². The fourth-order valence-corrected chi connectivity index (χ4v) is 0.821. The summed E-state index contributed by atoms with van der Waals surface area (Å²) in [5.74, 6) is 0. The van der Waals surface area contributed by atoms with Gasteiger partial charge in [-0.3, -0.25) is 0 Å². The van der Waals surface area contributed by atoms with Crippen LogP contribution in [0, 0.1) is 6.08 Å². The van der Waals surface area contributed by atoms with Crippen LogP contribution in [0.15, 0.2) is 18.5 Å². The molecule has 0 fully saturated rings. The summed E-state index contributed by atoms with van der Waals surface area (Å²) in [6.07, 6.45) is 2.42. The number of nitrogens with one attached hydrogen (secondary N) is 1. The maximum Gasteiger partial charge on any atom is 0.309 e. The fourth-order valence-electron chi connectivity index (χ4n) is 0.821. The minimum Gasteiger partial charge on any atom is -0.359 e. The largest absolute Gasteiger partial charge is 0.359 e. The van der Waals surface area contributed by atoms with E-state index in [1.54, 1.807) is 12.3 Å². The van der Waals surface area contributed by atoms with Crippen LogP contribution in [-0.4, -0.2) is 15.0 Å². The molecule has 0 aliphatic heterocycles. The van der Waals surface area contributed by atoms with Gasteiger partial charge in [-0.05, 0) is 6.07 Å². The number of hydrogen-bond donors (Lipinski definition) is 1. The third-order valence-corrected chi connectivity index (χ3v) is 1.27. The van der Waals surface area contributed by atoms with Gasteiger partial charge < -0.3 is 4.98 Å². The minimum absolute atomic E-state index is 0.604. The van der Waals surface area contributed by atoms with E-state index < -0.39 is 6.08 Å². The standard InChI is InChI=1S/C6H4FN3/c7-6-9-3-5-4(10-6)1-2-8-5/h1-3,8H. The van der Waals surface area contributed by atoms with Gasteiger partial charge in [0.25, 0.3) is 0 Å². The Hall–Kier alpha value is -1.45. The maximum atomic E-state index is 12.3. The van der Waals surface area contributed by atoms with Crippen molar-refractivity contribution in [1.82, 2.24) is 15.0 Å². The number of halogens is 1.